The molecule has 0 amide bonds. The number of piperazine rings is 1. The van der Waals surface area contributed by atoms with E-state index in [1.165, 1.54) is 0 Å². The quantitative estimate of drug-likeness (QED) is 0.515. The first kappa shape index (κ1) is 16.7. The zero-order valence-electron chi connectivity index (χ0n) is 14.5. The largest absolute Gasteiger partial charge is 0.353 e. The second kappa shape index (κ2) is 7.65. The van der Waals surface area contributed by atoms with Gasteiger partial charge in [0.25, 0.3) is 0 Å². The fourth-order valence-electron chi connectivity index (χ4n) is 2.90. The summed E-state index contributed by atoms with van der Waals surface area (Å²) in [6.07, 6.45) is 7.39. The van der Waals surface area contributed by atoms with Gasteiger partial charge in [0.05, 0.1) is 11.4 Å². The third-order valence-electron chi connectivity index (χ3n) is 4.26. The van der Waals surface area contributed by atoms with Gasteiger partial charge in [0.2, 0.25) is 5.95 Å². The van der Waals surface area contributed by atoms with E-state index in [1.807, 2.05) is 42.8 Å². The van der Waals surface area contributed by atoms with Crippen molar-refractivity contribution in [2.24, 2.45) is 0 Å². The molecule has 0 spiro atoms. The third-order valence-corrected chi connectivity index (χ3v) is 4.82. The van der Waals surface area contributed by atoms with Gasteiger partial charge in [-0.1, -0.05) is 17.8 Å². The molecular weight excluding hydrogens is 346 g/mol. The van der Waals surface area contributed by atoms with Crippen LogP contribution in [0.15, 0.2) is 54.1 Å². The molecule has 0 radical (unpaired) electrons. The van der Waals surface area contributed by atoms with Gasteiger partial charge in [-0.15, -0.1) is 0 Å². The summed E-state index contributed by atoms with van der Waals surface area (Å²) in [7, 11) is 0. The molecule has 0 atom stereocenters. The van der Waals surface area contributed by atoms with E-state index >= 15 is 0 Å². The fraction of sp³-hybridized carbons (Fsp3) is 0.278. The van der Waals surface area contributed by atoms with Crippen LogP contribution in [0.2, 0.25) is 0 Å². The number of hydrogen-bond acceptors (Lipinski definition) is 8. The van der Waals surface area contributed by atoms with Crippen molar-refractivity contribution >= 4 is 23.5 Å². The van der Waals surface area contributed by atoms with Crippen molar-refractivity contribution in [1.29, 1.82) is 0 Å². The van der Waals surface area contributed by atoms with Crippen molar-refractivity contribution in [3.05, 3.63) is 48.9 Å². The van der Waals surface area contributed by atoms with Crippen LogP contribution in [0, 0.1) is 0 Å². The highest BCUT2D eigenvalue weighted by Crippen LogP contribution is 2.20. The Labute approximate surface area is 156 Å². The predicted molar refractivity (Wildman–Crippen MR) is 104 cm³/mol. The van der Waals surface area contributed by atoms with Crippen LogP contribution < -0.4 is 9.80 Å². The summed E-state index contributed by atoms with van der Waals surface area (Å²) >= 11 is 1.56. The second-order valence-corrected chi connectivity index (χ2v) is 6.61. The lowest BCUT2D eigenvalue weighted by Crippen LogP contribution is -2.47. The minimum atomic E-state index is 0.750. The van der Waals surface area contributed by atoms with Crippen molar-refractivity contribution in [1.82, 2.24) is 24.9 Å². The first-order valence-electron chi connectivity index (χ1n) is 8.45. The molecule has 0 unspecified atom stereocenters. The summed E-state index contributed by atoms with van der Waals surface area (Å²) in [6.45, 7) is 3.46. The standard InChI is InChI=1S/C18H19N7S/c1-26-18-21-9-6-16(23-18)24-10-12-25(13-11-24)17-20-8-5-15(22-17)14-4-2-3-7-19-14/h2-9H,10-13H2,1H3. The molecule has 1 aliphatic heterocycles. The maximum absolute atomic E-state index is 4.70. The fourth-order valence-corrected chi connectivity index (χ4v) is 3.25. The zero-order valence-corrected chi connectivity index (χ0v) is 15.3. The molecule has 4 rings (SSSR count). The summed E-state index contributed by atoms with van der Waals surface area (Å²) in [5, 5.41) is 0.802. The minimum absolute atomic E-state index is 0.750. The molecule has 1 fully saturated rings. The molecule has 26 heavy (non-hydrogen) atoms. The van der Waals surface area contributed by atoms with Crippen molar-refractivity contribution in [2.45, 2.75) is 5.16 Å². The van der Waals surface area contributed by atoms with Crippen LogP contribution >= 0.6 is 11.8 Å². The Morgan fingerprint density at radius 1 is 0.769 bits per heavy atom. The Morgan fingerprint density at radius 2 is 1.58 bits per heavy atom. The van der Waals surface area contributed by atoms with Gasteiger partial charge in [0.15, 0.2) is 5.16 Å². The highest BCUT2D eigenvalue weighted by Gasteiger charge is 2.20. The van der Waals surface area contributed by atoms with Gasteiger partial charge in [-0.2, -0.15) is 0 Å². The lowest BCUT2D eigenvalue weighted by molar-refractivity contribution is 0.631. The molecule has 132 valence electrons. The predicted octanol–water partition coefficient (Wildman–Crippen LogP) is 2.38. The number of rotatable bonds is 4. The Hall–Kier alpha value is -2.74. The molecule has 0 aliphatic carbocycles. The van der Waals surface area contributed by atoms with E-state index in [9.17, 15) is 0 Å². The Morgan fingerprint density at radius 3 is 2.35 bits per heavy atom. The Bertz CT molecular complexity index is 866. The summed E-state index contributed by atoms with van der Waals surface area (Å²) in [4.78, 5) is 26.8. The lowest BCUT2D eigenvalue weighted by Gasteiger charge is -2.35. The maximum Gasteiger partial charge on any atom is 0.226 e. The van der Waals surface area contributed by atoms with Gasteiger partial charge in [0.1, 0.15) is 5.82 Å². The molecule has 7 nitrogen and oxygen atoms in total. The number of aromatic nitrogens is 5. The van der Waals surface area contributed by atoms with Gasteiger partial charge in [-0.3, -0.25) is 4.98 Å². The van der Waals surface area contributed by atoms with Gasteiger partial charge in [0, 0.05) is 44.8 Å². The van der Waals surface area contributed by atoms with E-state index < -0.39 is 0 Å². The van der Waals surface area contributed by atoms with Crippen LogP contribution in [-0.2, 0) is 0 Å². The van der Waals surface area contributed by atoms with Gasteiger partial charge >= 0.3 is 0 Å². The van der Waals surface area contributed by atoms with E-state index in [-0.39, 0.29) is 0 Å². The first-order valence-corrected chi connectivity index (χ1v) is 9.67. The molecule has 0 N–H and O–H groups in total. The number of anilines is 2. The number of hydrogen-bond donors (Lipinski definition) is 0. The first-order chi connectivity index (χ1) is 12.8. The zero-order chi connectivity index (χ0) is 17.8. The smallest absolute Gasteiger partial charge is 0.226 e. The molecule has 3 aromatic rings. The average molecular weight is 365 g/mol. The average Bonchev–Trinajstić information content (AvgIpc) is 2.75. The van der Waals surface area contributed by atoms with Crippen LogP contribution in [-0.4, -0.2) is 57.4 Å². The summed E-state index contributed by atoms with van der Waals surface area (Å²) in [6, 6.07) is 9.69. The lowest BCUT2D eigenvalue weighted by atomic mass is 10.2. The number of thioether (sulfide) groups is 1. The highest BCUT2D eigenvalue weighted by molar-refractivity contribution is 7.98. The van der Waals surface area contributed by atoms with Crippen molar-refractivity contribution in [2.75, 3.05) is 42.2 Å². The molecular formula is C18H19N7S. The topological polar surface area (TPSA) is 70.9 Å². The maximum atomic E-state index is 4.70. The molecule has 0 saturated carbocycles. The van der Waals surface area contributed by atoms with Crippen molar-refractivity contribution in [3.63, 3.8) is 0 Å². The Kier molecular flexibility index (Phi) is 4.92. The van der Waals surface area contributed by atoms with E-state index in [4.69, 9.17) is 4.98 Å². The van der Waals surface area contributed by atoms with Crippen LogP contribution in [0.4, 0.5) is 11.8 Å². The van der Waals surface area contributed by atoms with E-state index in [0.717, 1.165) is 54.5 Å². The van der Waals surface area contributed by atoms with Gasteiger partial charge in [-0.05, 0) is 30.5 Å². The molecule has 3 aromatic heterocycles. The normalized spacial score (nSPS) is 14.5. The monoisotopic (exact) mass is 365 g/mol. The van der Waals surface area contributed by atoms with Crippen LogP contribution in [0.5, 0.6) is 0 Å². The molecule has 8 heteroatoms. The van der Waals surface area contributed by atoms with E-state index in [1.54, 1.807) is 24.2 Å². The molecule has 4 heterocycles. The van der Waals surface area contributed by atoms with Crippen LogP contribution in [0.1, 0.15) is 0 Å². The van der Waals surface area contributed by atoms with Gasteiger partial charge < -0.3 is 9.80 Å². The summed E-state index contributed by atoms with van der Waals surface area (Å²) in [5.41, 5.74) is 1.71. The summed E-state index contributed by atoms with van der Waals surface area (Å²) in [5.74, 6) is 1.73. The van der Waals surface area contributed by atoms with Crippen LogP contribution in [0.25, 0.3) is 11.4 Å². The van der Waals surface area contributed by atoms with E-state index in [2.05, 4.69) is 29.7 Å². The third kappa shape index (κ3) is 3.60. The molecule has 0 bridgehead atoms. The minimum Gasteiger partial charge on any atom is -0.353 e. The number of pyridine rings is 1. The van der Waals surface area contributed by atoms with Crippen molar-refractivity contribution < 1.29 is 0 Å². The highest BCUT2D eigenvalue weighted by atomic mass is 32.2. The number of nitrogens with zero attached hydrogens (tertiary/aromatic N) is 7. The molecule has 0 aromatic carbocycles. The summed E-state index contributed by atoms with van der Waals surface area (Å²) < 4.78 is 0. The second-order valence-electron chi connectivity index (χ2n) is 5.83. The van der Waals surface area contributed by atoms with Gasteiger partial charge in [-0.25, -0.2) is 19.9 Å². The SMILES string of the molecule is CSc1nccc(N2CCN(c3nccc(-c4ccccn4)n3)CC2)n1. The van der Waals surface area contributed by atoms with Crippen molar-refractivity contribution in [3.8, 4) is 11.4 Å². The van der Waals surface area contributed by atoms with E-state index in [0.29, 0.717) is 0 Å². The molecule has 1 saturated heterocycles. The molecule has 1 aliphatic rings. The van der Waals surface area contributed by atoms with Crippen LogP contribution in [0.3, 0.4) is 0 Å². The Balaban J connectivity index is 1.46.